The van der Waals surface area contributed by atoms with Crippen LogP contribution in [0.15, 0.2) is 0 Å². The number of hydrogen-bond acceptors (Lipinski definition) is 2. The van der Waals surface area contributed by atoms with E-state index >= 15 is 0 Å². The van der Waals surface area contributed by atoms with Gasteiger partial charge in [-0.25, -0.2) is 0 Å². The highest BCUT2D eigenvalue weighted by atomic mass is 16.6. The van der Waals surface area contributed by atoms with Gasteiger partial charge in [0.25, 0.3) is 0 Å². The molecule has 15 heavy (non-hydrogen) atoms. The smallest absolute Gasteiger partial charge is 0.132 e. The Morgan fingerprint density at radius 2 is 1.73 bits per heavy atom. The third-order valence-electron chi connectivity index (χ3n) is 3.03. The van der Waals surface area contributed by atoms with Crippen LogP contribution in [0, 0.1) is 0 Å². The van der Waals surface area contributed by atoms with E-state index < -0.39 is 0 Å². The normalized spacial score (nSPS) is 19.1. The van der Waals surface area contributed by atoms with E-state index in [1.165, 1.54) is 38.5 Å². The minimum Gasteiger partial charge on any atom is -0.373 e. The van der Waals surface area contributed by atoms with Crippen molar-refractivity contribution in [3.63, 3.8) is 0 Å². The van der Waals surface area contributed by atoms with Crippen LogP contribution in [-0.2, 0) is 9.53 Å². The number of unbranched alkanes of at least 4 members (excludes halogenated alkanes) is 5. The average molecular weight is 212 g/mol. The molecule has 88 valence electrons. The second kappa shape index (κ2) is 7.86. The van der Waals surface area contributed by atoms with E-state index in [2.05, 4.69) is 0 Å². The summed E-state index contributed by atoms with van der Waals surface area (Å²) in [5.74, 6) is 0.417. The lowest BCUT2D eigenvalue weighted by atomic mass is 10.1. The van der Waals surface area contributed by atoms with Crippen molar-refractivity contribution in [1.29, 1.82) is 0 Å². The Kier molecular flexibility index (Phi) is 6.66. The maximum atomic E-state index is 11.0. The number of epoxide rings is 1. The molecular weight excluding hydrogens is 188 g/mol. The molecule has 1 rings (SSSR count). The van der Waals surface area contributed by atoms with E-state index in [-0.39, 0.29) is 0 Å². The summed E-state index contributed by atoms with van der Waals surface area (Å²) < 4.78 is 5.15. The highest BCUT2D eigenvalue weighted by molar-refractivity contribution is 5.77. The van der Waals surface area contributed by atoms with Gasteiger partial charge < -0.3 is 4.74 Å². The van der Waals surface area contributed by atoms with E-state index in [1.807, 2.05) is 6.92 Å². The van der Waals surface area contributed by atoms with Crippen molar-refractivity contribution >= 4 is 5.78 Å². The van der Waals surface area contributed by atoms with Gasteiger partial charge in [-0.1, -0.05) is 39.0 Å². The van der Waals surface area contributed by atoms with Gasteiger partial charge in [-0.15, -0.1) is 0 Å². The molecule has 1 unspecified atom stereocenters. The first kappa shape index (κ1) is 12.7. The van der Waals surface area contributed by atoms with Gasteiger partial charge >= 0.3 is 0 Å². The van der Waals surface area contributed by atoms with Gasteiger partial charge in [0.1, 0.15) is 5.78 Å². The van der Waals surface area contributed by atoms with Crippen molar-refractivity contribution in [2.75, 3.05) is 6.61 Å². The maximum Gasteiger partial charge on any atom is 0.132 e. The fraction of sp³-hybridized carbons (Fsp3) is 0.923. The monoisotopic (exact) mass is 212 g/mol. The Morgan fingerprint density at radius 3 is 2.33 bits per heavy atom. The van der Waals surface area contributed by atoms with Crippen LogP contribution in [0.1, 0.15) is 64.7 Å². The second-order valence-electron chi connectivity index (χ2n) is 4.51. The molecular formula is C13H24O2. The second-order valence-corrected chi connectivity index (χ2v) is 4.51. The standard InChI is InChI=1S/C13H24O2/c1-2-12(14)9-7-5-3-4-6-8-10-13-11-15-13/h13H,2-11H2,1H3. The first-order valence-electron chi connectivity index (χ1n) is 6.46. The molecule has 1 saturated heterocycles. The van der Waals surface area contributed by atoms with Crippen LogP contribution < -0.4 is 0 Å². The molecule has 0 bridgehead atoms. The number of rotatable bonds is 10. The van der Waals surface area contributed by atoms with Crippen LogP contribution in [0.4, 0.5) is 0 Å². The van der Waals surface area contributed by atoms with E-state index in [1.54, 1.807) is 0 Å². The van der Waals surface area contributed by atoms with Crippen molar-refractivity contribution in [3.8, 4) is 0 Å². The summed E-state index contributed by atoms with van der Waals surface area (Å²) in [6.07, 6.45) is 11.0. The summed E-state index contributed by atoms with van der Waals surface area (Å²) >= 11 is 0. The number of ether oxygens (including phenoxy) is 1. The van der Waals surface area contributed by atoms with E-state index in [9.17, 15) is 4.79 Å². The molecule has 0 aromatic rings. The number of Topliss-reactive ketones (excluding diaryl/α,β-unsaturated/α-hetero) is 1. The SMILES string of the molecule is CCC(=O)CCCCCCCCC1CO1. The third-order valence-corrected chi connectivity index (χ3v) is 3.03. The summed E-state index contributed by atoms with van der Waals surface area (Å²) in [5, 5.41) is 0. The first-order valence-corrected chi connectivity index (χ1v) is 6.46. The van der Waals surface area contributed by atoms with Crippen LogP contribution in [0.2, 0.25) is 0 Å². The summed E-state index contributed by atoms with van der Waals surface area (Å²) in [4.78, 5) is 11.0. The van der Waals surface area contributed by atoms with Crippen LogP contribution in [0.25, 0.3) is 0 Å². The minimum atomic E-state index is 0.417. The summed E-state index contributed by atoms with van der Waals surface area (Å²) in [6.45, 7) is 2.95. The molecule has 0 aromatic heterocycles. The predicted molar refractivity (Wildman–Crippen MR) is 62.0 cm³/mol. The third kappa shape index (κ3) is 7.55. The Bertz CT molecular complexity index is 173. The summed E-state index contributed by atoms with van der Waals surface area (Å²) in [5.41, 5.74) is 0. The van der Waals surface area contributed by atoms with E-state index in [0.717, 1.165) is 19.4 Å². The molecule has 2 nitrogen and oxygen atoms in total. The van der Waals surface area contributed by atoms with Crippen molar-refractivity contribution in [2.24, 2.45) is 0 Å². The Labute approximate surface area is 93.4 Å². The molecule has 0 saturated carbocycles. The molecule has 0 N–H and O–H groups in total. The van der Waals surface area contributed by atoms with E-state index in [4.69, 9.17) is 4.74 Å². The molecule has 1 aliphatic heterocycles. The van der Waals surface area contributed by atoms with Gasteiger partial charge in [-0.3, -0.25) is 4.79 Å². The Hall–Kier alpha value is -0.370. The van der Waals surface area contributed by atoms with Crippen LogP contribution >= 0.6 is 0 Å². The molecule has 0 amide bonds. The zero-order valence-corrected chi connectivity index (χ0v) is 9.96. The van der Waals surface area contributed by atoms with Crippen LogP contribution in [0.5, 0.6) is 0 Å². The molecule has 0 radical (unpaired) electrons. The fourth-order valence-corrected chi connectivity index (χ4v) is 1.81. The van der Waals surface area contributed by atoms with Gasteiger partial charge in [0.15, 0.2) is 0 Å². The van der Waals surface area contributed by atoms with Crippen molar-refractivity contribution < 1.29 is 9.53 Å². The molecule has 0 aromatic carbocycles. The molecule has 0 spiro atoms. The number of carbonyl (C=O) groups is 1. The zero-order valence-electron chi connectivity index (χ0n) is 9.96. The number of hydrogen-bond donors (Lipinski definition) is 0. The van der Waals surface area contributed by atoms with Gasteiger partial charge in [0, 0.05) is 12.8 Å². The van der Waals surface area contributed by atoms with Gasteiger partial charge in [-0.05, 0) is 12.8 Å². The highest BCUT2D eigenvalue weighted by Crippen LogP contribution is 2.18. The molecule has 1 aliphatic rings. The lowest BCUT2D eigenvalue weighted by molar-refractivity contribution is -0.118. The summed E-state index contributed by atoms with van der Waals surface area (Å²) in [7, 11) is 0. The Morgan fingerprint density at radius 1 is 1.13 bits per heavy atom. The largest absolute Gasteiger partial charge is 0.373 e. The first-order chi connectivity index (χ1) is 7.33. The Balaban J connectivity index is 1.70. The minimum absolute atomic E-state index is 0.417. The lowest BCUT2D eigenvalue weighted by Gasteiger charge is -2.00. The molecule has 2 heteroatoms. The molecule has 1 atom stereocenters. The van der Waals surface area contributed by atoms with Crippen molar-refractivity contribution in [1.82, 2.24) is 0 Å². The number of ketones is 1. The molecule has 1 heterocycles. The highest BCUT2D eigenvalue weighted by Gasteiger charge is 2.20. The maximum absolute atomic E-state index is 11.0. The predicted octanol–water partition coefficient (Wildman–Crippen LogP) is 3.49. The van der Waals surface area contributed by atoms with Crippen LogP contribution in [-0.4, -0.2) is 18.5 Å². The fourth-order valence-electron chi connectivity index (χ4n) is 1.81. The molecule has 0 aliphatic carbocycles. The summed E-state index contributed by atoms with van der Waals surface area (Å²) in [6, 6.07) is 0. The van der Waals surface area contributed by atoms with Gasteiger partial charge in [0.2, 0.25) is 0 Å². The van der Waals surface area contributed by atoms with E-state index in [0.29, 0.717) is 18.3 Å². The van der Waals surface area contributed by atoms with Gasteiger partial charge in [0.05, 0.1) is 12.7 Å². The number of carbonyl (C=O) groups excluding carboxylic acids is 1. The average Bonchev–Trinajstić information content (AvgIpc) is 3.05. The van der Waals surface area contributed by atoms with Crippen LogP contribution in [0.3, 0.4) is 0 Å². The quantitative estimate of drug-likeness (QED) is 0.410. The molecule has 1 fully saturated rings. The topological polar surface area (TPSA) is 29.6 Å². The van der Waals surface area contributed by atoms with Gasteiger partial charge in [-0.2, -0.15) is 0 Å². The van der Waals surface area contributed by atoms with Crippen molar-refractivity contribution in [2.45, 2.75) is 70.8 Å². The zero-order chi connectivity index (χ0) is 10.9. The lowest BCUT2D eigenvalue weighted by Crippen LogP contribution is -1.94. The van der Waals surface area contributed by atoms with Crippen molar-refractivity contribution in [3.05, 3.63) is 0 Å².